The van der Waals surface area contributed by atoms with Gasteiger partial charge >= 0.3 is 27.3 Å². The minimum absolute atomic E-state index is 0.0531. The first-order valence-corrected chi connectivity index (χ1v) is 26.2. The summed E-state index contributed by atoms with van der Waals surface area (Å²) in [5.41, 5.74) is 7.88. The maximum absolute atomic E-state index is 12.9. The predicted molar refractivity (Wildman–Crippen MR) is 238 cm³/mol. The highest BCUT2D eigenvalue weighted by molar-refractivity contribution is 7.61. The molecule has 62 heavy (non-hydrogen) atoms. The lowest BCUT2D eigenvalue weighted by Crippen LogP contribution is -2.33. The summed E-state index contributed by atoms with van der Waals surface area (Å²) in [5.74, 6) is -0.520. The van der Waals surface area contributed by atoms with Crippen LogP contribution < -0.4 is 11.2 Å². The molecule has 1 saturated heterocycles. The summed E-state index contributed by atoms with van der Waals surface area (Å²) in [6, 6.07) is -0.985. The van der Waals surface area contributed by atoms with E-state index in [4.69, 9.17) is 28.8 Å². The number of rotatable bonds is 39. The average Bonchev–Trinajstić information content (AvgIpc) is 3.62. The van der Waals surface area contributed by atoms with Crippen molar-refractivity contribution in [2.75, 3.05) is 26.4 Å². The van der Waals surface area contributed by atoms with Crippen molar-refractivity contribution in [2.24, 2.45) is 5.11 Å². The number of hydrogen-bond donors (Lipinski definition) is 3. The van der Waals surface area contributed by atoms with Crippen LogP contribution in [0.1, 0.15) is 193 Å². The Morgan fingerprint density at radius 2 is 1.32 bits per heavy atom. The van der Waals surface area contributed by atoms with Crippen LogP contribution in [-0.2, 0) is 41.5 Å². The van der Waals surface area contributed by atoms with Gasteiger partial charge in [-0.3, -0.25) is 28.2 Å². The first kappa shape index (κ1) is 55.8. The third kappa shape index (κ3) is 25.8. The van der Waals surface area contributed by atoms with Crippen LogP contribution in [0.4, 0.5) is 0 Å². The van der Waals surface area contributed by atoms with Crippen molar-refractivity contribution in [3.8, 4) is 0 Å². The largest absolute Gasteiger partial charge is 0.481 e. The summed E-state index contributed by atoms with van der Waals surface area (Å²) < 4.78 is 58.3. The van der Waals surface area contributed by atoms with Crippen molar-refractivity contribution in [3.05, 3.63) is 43.0 Å². The first-order valence-electron chi connectivity index (χ1n) is 23.3. The number of azide groups is 1. The number of H-pyrrole nitrogens is 1. The van der Waals surface area contributed by atoms with E-state index in [2.05, 4.69) is 33.2 Å². The highest BCUT2D eigenvalue weighted by Crippen LogP contribution is 2.60. The van der Waals surface area contributed by atoms with E-state index in [0.29, 0.717) is 13.0 Å². The molecule has 1 aliphatic heterocycles. The van der Waals surface area contributed by atoms with Crippen molar-refractivity contribution in [3.63, 3.8) is 0 Å². The summed E-state index contributed by atoms with van der Waals surface area (Å²) >= 11 is 0. The number of nitrogens with zero attached hydrogens (tertiary/aromatic N) is 4. The van der Waals surface area contributed by atoms with E-state index in [1.54, 1.807) is 0 Å². The molecule has 18 nitrogen and oxygen atoms in total. The molecule has 2 heterocycles. The fraction of sp³-hybridized carbons (Fsp3) is 0.881. The number of nitrogens with one attached hydrogen (secondary N) is 1. The van der Waals surface area contributed by atoms with Crippen LogP contribution in [0, 0.1) is 6.92 Å². The number of phosphoric ester groups is 2. The number of aryl methyl sites for hydroxylation is 1. The van der Waals surface area contributed by atoms with E-state index < -0.39 is 70.6 Å². The number of aromatic nitrogens is 2. The van der Waals surface area contributed by atoms with Crippen molar-refractivity contribution < 1.29 is 51.3 Å². The Balaban J connectivity index is 1.85. The summed E-state index contributed by atoms with van der Waals surface area (Å²) in [4.78, 5) is 62.6. The van der Waals surface area contributed by atoms with E-state index in [0.717, 1.165) is 49.5 Å². The molecule has 0 radical (unpaired) electrons. The molecular weight excluding hydrogens is 844 g/mol. The molecule has 0 aromatic carbocycles. The molecule has 0 saturated carbocycles. The van der Waals surface area contributed by atoms with Gasteiger partial charge in [0.15, 0.2) is 0 Å². The summed E-state index contributed by atoms with van der Waals surface area (Å²) in [7, 11) is -10.6. The minimum atomic E-state index is -5.31. The van der Waals surface area contributed by atoms with Gasteiger partial charge in [-0.1, -0.05) is 160 Å². The highest BCUT2D eigenvalue weighted by atomic mass is 31.3. The maximum Gasteiger partial charge on any atom is 0.481 e. The molecule has 1 fully saturated rings. The van der Waals surface area contributed by atoms with Gasteiger partial charge in [-0.25, -0.2) is 13.9 Å². The Morgan fingerprint density at radius 1 is 0.823 bits per heavy atom. The lowest BCUT2D eigenvalue weighted by Gasteiger charge is -2.22. The fourth-order valence-corrected chi connectivity index (χ4v) is 9.39. The molecule has 2 unspecified atom stereocenters. The molecule has 0 aliphatic carbocycles. The Hall–Kier alpha value is -2.36. The van der Waals surface area contributed by atoms with Crippen LogP contribution in [0.5, 0.6) is 0 Å². The van der Waals surface area contributed by atoms with Gasteiger partial charge in [-0.15, -0.1) is 0 Å². The number of unbranched alkanes of at least 4 members (excludes halogenated alkanes) is 22. The Kier molecular flexibility index (Phi) is 29.8. The van der Waals surface area contributed by atoms with E-state index in [-0.39, 0.29) is 25.0 Å². The van der Waals surface area contributed by atoms with Crippen LogP contribution in [0.25, 0.3) is 10.4 Å². The van der Waals surface area contributed by atoms with E-state index in [1.165, 1.54) is 116 Å². The Morgan fingerprint density at radius 3 is 1.85 bits per heavy atom. The van der Waals surface area contributed by atoms with Gasteiger partial charge in [0, 0.05) is 36.1 Å². The number of hydrogen-bond acceptors (Lipinski definition) is 12. The van der Waals surface area contributed by atoms with Gasteiger partial charge < -0.3 is 24.0 Å². The van der Waals surface area contributed by atoms with Gasteiger partial charge in [0.2, 0.25) is 0 Å². The number of ether oxygens (including phenoxy) is 3. The van der Waals surface area contributed by atoms with Gasteiger partial charge in [0.25, 0.3) is 5.56 Å². The molecule has 6 atom stereocenters. The first-order chi connectivity index (χ1) is 29.8. The molecule has 2 rings (SSSR count). The predicted octanol–water partition coefficient (Wildman–Crippen LogP) is 10.8. The van der Waals surface area contributed by atoms with Gasteiger partial charge in [0.1, 0.15) is 12.3 Å². The van der Waals surface area contributed by atoms with Crippen molar-refractivity contribution in [2.45, 2.75) is 212 Å². The topological polar surface area (TPSA) is 251 Å². The highest BCUT2D eigenvalue weighted by Gasteiger charge is 2.41. The van der Waals surface area contributed by atoms with Crippen LogP contribution in [-0.4, -0.2) is 70.0 Å². The van der Waals surface area contributed by atoms with Crippen LogP contribution in [0.2, 0.25) is 0 Å². The second-order valence-corrected chi connectivity index (χ2v) is 19.5. The van der Waals surface area contributed by atoms with Crippen molar-refractivity contribution >= 4 is 21.6 Å². The zero-order valence-electron chi connectivity index (χ0n) is 37.7. The van der Waals surface area contributed by atoms with E-state index in [9.17, 15) is 33.3 Å². The number of aromatic amines is 1. The summed E-state index contributed by atoms with van der Waals surface area (Å²) in [6.45, 7) is 4.75. The number of phosphoric acid groups is 2. The lowest BCUT2D eigenvalue weighted by atomic mass is 10.0. The zero-order valence-corrected chi connectivity index (χ0v) is 39.5. The standard InChI is InChI=1S/C42H77N5O13P2/c1-4-6-8-10-12-14-16-18-20-22-24-26-28-40(48)58-36(32-55-29-27-25-23-21-19-17-15-13-11-9-7-5-2)33-56-61(51,52)60-62(53,54)57-34-38-37(45-46-43)30-39(59-38)47-31-35(3)41(49)44-42(47)50/h31,36-39H,4-30,32-34H2,1-3H3,(H,51,52)(H,53,54)(H,44,49,50)/t36-,37-,38+,39+/m0/s1. The molecular formula is C42H77N5O13P2. The van der Waals surface area contributed by atoms with Crippen molar-refractivity contribution in [1.29, 1.82) is 0 Å². The SMILES string of the molecule is CCCCCCCCCCCCCCOC[C@@H](COP(=O)(O)OP(=O)(O)OC[C@H]1O[C@@H](n2cc(C)c(=O)[nH]c2=O)C[C@@H]1N=[N+]=[N-])OC(=O)CCCCCCCCCCCCCC. The monoisotopic (exact) mass is 921 g/mol. The third-order valence-corrected chi connectivity index (χ3v) is 13.5. The van der Waals surface area contributed by atoms with Gasteiger partial charge in [-0.2, -0.15) is 4.31 Å². The smallest absolute Gasteiger partial charge is 0.457 e. The molecule has 1 aromatic rings. The molecule has 20 heteroatoms. The number of carbonyl (C=O) groups excluding carboxylic acids is 1. The normalized spacial score (nSPS) is 18.8. The molecule has 0 bridgehead atoms. The van der Waals surface area contributed by atoms with Crippen LogP contribution >= 0.6 is 15.6 Å². The molecule has 0 amide bonds. The quantitative estimate of drug-likeness (QED) is 0.0139. The fourth-order valence-electron chi connectivity index (χ4n) is 7.28. The molecule has 0 spiro atoms. The number of carbonyl (C=O) groups is 1. The Bertz CT molecular complexity index is 1640. The van der Waals surface area contributed by atoms with Gasteiger partial charge in [-0.05, 0) is 25.3 Å². The summed E-state index contributed by atoms with van der Waals surface area (Å²) in [6.07, 6.45) is 26.0. The molecule has 358 valence electrons. The van der Waals surface area contributed by atoms with Crippen molar-refractivity contribution in [1.82, 2.24) is 9.55 Å². The van der Waals surface area contributed by atoms with Gasteiger partial charge in [0.05, 0.1) is 32.0 Å². The minimum Gasteiger partial charge on any atom is -0.457 e. The zero-order chi connectivity index (χ0) is 45.5. The lowest BCUT2D eigenvalue weighted by molar-refractivity contribution is -0.154. The second-order valence-electron chi connectivity index (χ2n) is 16.4. The van der Waals surface area contributed by atoms with E-state index in [1.807, 2.05) is 0 Å². The maximum atomic E-state index is 12.9. The van der Waals surface area contributed by atoms with Crippen LogP contribution in [0.15, 0.2) is 20.9 Å². The molecule has 1 aromatic heterocycles. The third-order valence-electron chi connectivity index (χ3n) is 10.9. The van der Waals surface area contributed by atoms with Crippen LogP contribution in [0.3, 0.4) is 0 Å². The molecule has 3 N–H and O–H groups in total. The average molecular weight is 922 g/mol. The summed E-state index contributed by atoms with van der Waals surface area (Å²) in [5, 5.41) is 3.61. The Labute approximate surface area is 368 Å². The second kappa shape index (κ2) is 33.2. The van der Waals surface area contributed by atoms with E-state index >= 15 is 0 Å². The number of esters is 1. The molecule has 1 aliphatic rings.